The summed E-state index contributed by atoms with van der Waals surface area (Å²) in [7, 11) is -0.397. The molecule has 1 aliphatic heterocycles. The van der Waals surface area contributed by atoms with Crippen molar-refractivity contribution in [3.8, 4) is 78.3 Å². The van der Waals surface area contributed by atoms with Crippen LogP contribution in [0.5, 0.6) is 0 Å². The van der Waals surface area contributed by atoms with Crippen molar-refractivity contribution in [3.05, 3.63) is 368 Å². The maximum atomic E-state index is 7.01. The number of hydrogen-bond acceptors (Lipinski definition) is 4. The largest absolute Gasteiger partial charge is 0.494 e. The van der Waals surface area contributed by atoms with Crippen molar-refractivity contribution in [1.82, 2.24) is 0 Å². The molecule has 0 spiro atoms. The molecule has 6 heteroatoms. The van der Waals surface area contributed by atoms with Gasteiger partial charge in [-0.1, -0.05) is 364 Å². The Labute approximate surface area is 636 Å². The van der Waals surface area contributed by atoms with E-state index in [0.29, 0.717) is 0 Å². The molecular weight excluding hydrogens is 1380 g/mol. The molecule has 0 N–H and O–H groups in total. The van der Waals surface area contributed by atoms with E-state index in [1.54, 1.807) is 0 Å². The smallest absolute Gasteiger partial charge is 0.455 e. The lowest BCUT2D eigenvalue weighted by Gasteiger charge is -2.32. The van der Waals surface area contributed by atoms with E-state index in [1.807, 2.05) is 0 Å². The zero-order valence-corrected chi connectivity index (χ0v) is 61.8. The van der Waals surface area contributed by atoms with Crippen LogP contribution in [0.4, 0.5) is 0 Å². The van der Waals surface area contributed by atoms with E-state index in [4.69, 9.17) is 18.1 Å². The Kier molecular flexibility index (Phi) is 16.7. The summed E-state index contributed by atoms with van der Waals surface area (Å²) in [5.41, 5.74) is 16.2. The summed E-state index contributed by atoms with van der Waals surface area (Å²) in [5.74, 6) is 1.76. The lowest BCUT2D eigenvalue weighted by molar-refractivity contribution is 0.00578. The van der Waals surface area contributed by atoms with E-state index in [2.05, 4.69) is 408 Å². The summed E-state index contributed by atoms with van der Waals surface area (Å²) >= 11 is 3.79. The van der Waals surface area contributed by atoms with Crippen molar-refractivity contribution in [2.24, 2.45) is 0 Å². The second-order valence-electron chi connectivity index (χ2n) is 29.1. The Morgan fingerprint density at radius 1 is 0.213 bits per heavy atom. The Balaban J connectivity index is 0.000000119. The van der Waals surface area contributed by atoms with Crippen molar-refractivity contribution in [2.45, 2.75) is 38.9 Å². The first-order chi connectivity index (χ1) is 53.0. The summed E-state index contributed by atoms with van der Waals surface area (Å²) in [6.45, 7) is 8.32. The quantitative estimate of drug-likeness (QED) is 0.0864. The van der Waals surface area contributed by atoms with Crippen LogP contribution in [0.2, 0.25) is 0 Å². The van der Waals surface area contributed by atoms with Gasteiger partial charge in [-0.25, -0.2) is 0 Å². The molecule has 21 rings (SSSR count). The Morgan fingerprint density at radius 2 is 0.435 bits per heavy atom. The third kappa shape index (κ3) is 11.3. The van der Waals surface area contributed by atoms with E-state index in [9.17, 15) is 0 Å². The molecule has 1 saturated heterocycles. The van der Waals surface area contributed by atoms with Gasteiger partial charge in [0, 0.05) is 48.3 Å². The molecule has 0 unspecified atom stereocenters. The molecule has 108 heavy (non-hydrogen) atoms. The molecule has 1 fully saturated rings. The lowest BCUT2D eigenvalue weighted by Crippen LogP contribution is -2.41. The standard InChI is InChI=1S/C48H30O.C34H29BO3.C20H13Br/c1-3-15-31(16-4-1)43-38-22-10-12-24-40(38)44(41-25-13-11-23-39(41)43)33-27-29-34(30-28-33)47-45(32-17-5-2-6-18-32)46-37-21-9-7-19-35(37)36-20-8-14-26-42(36)48(46)49-47;1-33(2)34(3,4)38-35(37-33)24-20-18-23(19-21-24)31-29(22-12-6-5-7-13-22)30-27-16-10-8-14-25(27)26-15-9-11-17-28(26)32(30)36-31;21-20-17-12-6-4-10-15(17)19(14-8-2-1-3-9-14)16-11-5-7-13-18(16)20/h1-30H;5-21H,1-4H3;1-13H. The molecule has 2 aromatic heterocycles. The highest BCUT2D eigenvalue weighted by atomic mass is 79.9. The molecule has 0 bridgehead atoms. The van der Waals surface area contributed by atoms with E-state index < -0.39 is 7.12 Å². The third-order valence-corrected chi connectivity index (χ3v) is 23.2. The number of benzene rings is 18. The molecule has 0 amide bonds. The molecule has 4 nitrogen and oxygen atoms in total. The summed E-state index contributed by atoms with van der Waals surface area (Å²) in [6.07, 6.45) is 0. The van der Waals surface area contributed by atoms with Crippen LogP contribution in [0.25, 0.3) is 186 Å². The minimum absolute atomic E-state index is 0.377. The summed E-state index contributed by atoms with van der Waals surface area (Å²) in [5, 5.41) is 22.0. The van der Waals surface area contributed by atoms with Gasteiger partial charge in [0.15, 0.2) is 0 Å². The molecule has 1 aliphatic rings. The minimum atomic E-state index is -0.397. The van der Waals surface area contributed by atoms with Gasteiger partial charge in [-0.05, 0) is 169 Å². The van der Waals surface area contributed by atoms with Crippen LogP contribution >= 0.6 is 15.9 Å². The fraction of sp³-hybridized carbons (Fsp3) is 0.0588. The normalized spacial score (nSPS) is 13.3. The van der Waals surface area contributed by atoms with Gasteiger partial charge in [-0.15, -0.1) is 0 Å². The van der Waals surface area contributed by atoms with Crippen molar-refractivity contribution < 1.29 is 18.1 Å². The van der Waals surface area contributed by atoms with Crippen molar-refractivity contribution >= 4 is 137 Å². The average molecular weight is 1450 g/mol. The topological polar surface area (TPSA) is 44.7 Å². The van der Waals surface area contributed by atoms with Crippen molar-refractivity contribution in [3.63, 3.8) is 0 Å². The number of rotatable bonds is 8. The molecule has 3 heterocycles. The predicted octanol–water partition coefficient (Wildman–Crippen LogP) is 28.5. The molecule has 514 valence electrons. The fourth-order valence-electron chi connectivity index (χ4n) is 16.5. The number of furan rings is 2. The van der Waals surface area contributed by atoms with Crippen molar-refractivity contribution in [1.29, 1.82) is 0 Å². The molecule has 0 saturated carbocycles. The monoisotopic (exact) mass is 1450 g/mol. The lowest BCUT2D eigenvalue weighted by atomic mass is 9.78. The molecule has 0 atom stereocenters. The van der Waals surface area contributed by atoms with Gasteiger partial charge in [0.25, 0.3) is 0 Å². The molecule has 0 aliphatic carbocycles. The highest BCUT2D eigenvalue weighted by Crippen LogP contribution is 2.51. The summed E-state index contributed by atoms with van der Waals surface area (Å²) < 4.78 is 27.6. The minimum Gasteiger partial charge on any atom is -0.455 e. The highest BCUT2D eigenvalue weighted by Gasteiger charge is 2.51. The van der Waals surface area contributed by atoms with E-state index in [1.165, 1.54) is 113 Å². The van der Waals surface area contributed by atoms with Crippen LogP contribution in [-0.4, -0.2) is 18.3 Å². The summed E-state index contributed by atoms with van der Waals surface area (Å²) in [4.78, 5) is 0. The van der Waals surface area contributed by atoms with Crippen molar-refractivity contribution in [2.75, 3.05) is 0 Å². The van der Waals surface area contributed by atoms with Crippen LogP contribution in [0.3, 0.4) is 0 Å². The van der Waals surface area contributed by atoms with Gasteiger partial charge in [-0.3, -0.25) is 0 Å². The van der Waals surface area contributed by atoms with Gasteiger partial charge in [-0.2, -0.15) is 0 Å². The number of hydrogen-bond donors (Lipinski definition) is 0. The maximum Gasteiger partial charge on any atom is 0.494 e. The Hall–Kier alpha value is -12.4. The molecule has 0 radical (unpaired) electrons. The van der Waals surface area contributed by atoms with Crippen LogP contribution in [0, 0.1) is 0 Å². The number of halogens is 1. The fourth-order valence-corrected chi connectivity index (χ4v) is 17.2. The van der Waals surface area contributed by atoms with Gasteiger partial charge < -0.3 is 18.1 Å². The molecule has 18 aromatic carbocycles. The first-order valence-electron chi connectivity index (χ1n) is 37.1. The third-order valence-electron chi connectivity index (χ3n) is 22.3. The predicted molar refractivity (Wildman–Crippen MR) is 460 cm³/mol. The number of fused-ring (bicyclic) bond motifs is 16. The zero-order valence-electron chi connectivity index (χ0n) is 60.2. The van der Waals surface area contributed by atoms with E-state index in [-0.39, 0.29) is 11.2 Å². The Morgan fingerprint density at radius 3 is 0.759 bits per heavy atom. The van der Waals surface area contributed by atoms with Gasteiger partial charge >= 0.3 is 7.12 Å². The van der Waals surface area contributed by atoms with Gasteiger partial charge in [0.2, 0.25) is 0 Å². The second kappa shape index (κ2) is 27.2. The van der Waals surface area contributed by atoms with E-state index in [0.717, 1.165) is 83.1 Å². The molecular formula is C102H72BBrO4. The Bertz CT molecular complexity index is 6720. The maximum absolute atomic E-state index is 7.01. The van der Waals surface area contributed by atoms with Crippen LogP contribution in [-0.2, 0) is 9.31 Å². The first kappa shape index (κ1) is 66.3. The first-order valence-corrected chi connectivity index (χ1v) is 37.9. The SMILES string of the molecule is Brc1c2ccccc2c(-c2ccccc2)c2ccccc12.CC1(C)OB(c2ccc(-c3oc4c5ccccc5c5ccccc5c4c3-c3ccccc3)cc2)OC1(C)C.c1ccc(-c2c3ccccc3c(-c3ccc(-c4oc5c6ccccc6c6ccccc6c5c4-c4ccccc4)cc3)c3ccccc23)cc1. The van der Waals surface area contributed by atoms with Crippen LogP contribution in [0.15, 0.2) is 377 Å². The summed E-state index contributed by atoms with van der Waals surface area (Å²) in [6, 6.07) is 129. The van der Waals surface area contributed by atoms with E-state index >= 15 is 0 Å². The average Bonchev–Trinajstić information content (AvgIpc) is 1.34. The zero-order chi connectivity index (χ0) is 72.6. The van der Waals surface area contributed by atoms with Gasteiger partial charge in [0.1, 0.15) is 22.7 Å². The second-order valence-corrected chi connectivity index (χ2v) is 29.9. The molecule has 20 aromatic rings. The van der Waals surface area contributed by atoms with Crippen LogP contribution in [0.1, 0.15) is 27.7 Å². The van der Waals surface area contributed by atoms with Gasteiger partial charge in [0.05, 0.1) is 11.2 Å². The highest BCUT2D eigenvalue weighted by molar-refractivity contribution is 9.10. The van der Waals surface area contributed by atoms with Crippen LogP contribution < -0.4 is 5.46 Å².